The van der Waals surface area contributed by atoms with Crippen LogP contribution in [0.25, 0.3) is 11.2 Å². The van der Waals surface area contributed by atoms with Crippen LogP contribution in [0.1, 0.15) is 22.9 Å². The van der Waals surface area contributed by atoms with E-state index in [0.717, 1.165) is 18.7 Å². The van der Waals surface area contributed by atoms with Crippen molar-refractivity contribution in [2.24, 2.45) is 0 Å². The maximum atomic E-state index is 11.8. The molecule has 2 heterocycles. The maximum absolute atomic E-state index is 11.8. The Morgan fingerprint density at radius 1 is 1.10 bits per heavy atom. The molecule has 0 saturated heterocycles. The summed E-state index contributed by atoms with van der Waals surface area (Å²) >= 11 is 0. The van der Waals surface area contributed by atoms with E-state index in [-0.39, 0.29) is 17.4 Å². The zero-order chi connectivity index (χ0) is 13.7. The molecule has 1 aromatic carbocycles. The van der Waals surface area contributed by atoms with Crippen LogP contribution in [0.2, 0.25) is 0 Å². The number of aromatic amines is 2. The Bertz CT molecular complexity index is 838. The largest absolute Gasteiger partial charge is 0.369 e. The summed E-state index contributed by atoms with van der Waals surface area (Å²) in [5.41, 5.74) is 8.73. The molecule has 0 unspecified atom stereocenters. The number of hydrogen-bond acceptors (Lipinski definition) is 4. The number of rotatable bonds is 1. The first-order valence-electron chi connectivity index (χ1n) is 6.53. The van der Waals surface area contributed by atoms with Crippen molar-refractivity contribution in [3.63, 3.8) is 0 Å². The summed E-state index contributed by atoms with van der Waals surface area (Å²) in [6.07, 6.45) is 1.87. The van der Waals surface area contributed by atoms with Gasteiger partial charge in [-0.1, -0.05) is 24.3 Å². The van der Waals surface area contributed by atoms with Gasteiger partial charge >= 0.3 is 0 Å². The van der Waals surface area contributed by atoms with E-state index in [1.807, 2.05) is 12.1 Å². The van der Waals surface area contributed by atoms with Crippen molar-refractivity contribution in [1.29, 1.82) is 0 Å². The number of nitrogen functional groups attached to an aromatic ring is 1. The maximum Gasteiger partial charge on any atom is 0.278 e. The molecule has 1 aliphatic carbocycles. The van der Waals surface area contributed by atoms with Gasteiger partial charge < -0.3 is 10.7 Å². The van der Waals surface area contributed by atoms with Gasteiger partial charge in [0.25, 0.3) is 5.56 Å². The van der Waals surface area contributed by atoms with Crippen LogP contribution in [0.5, 0.6) is 0 Å². The van der Waals surface area contributed by atoms with Gasteiger partial charge in [0.1, 0.15) is 5.82 Å². The number of fused-ring (bicyclic) bond motifs is 2. The second-order valence-corrected chi connectivity index (χ2v) is 5.15. The number of nitrogens with zero attached hydrogens (tertiary/aromatic N) is 2. The van der Waals surface area contributed by atoms with Gasteiger partial charge in [-0.25, -0.2) is 4.98 Å². The number of imidazole rings is 1. The molecule has 0 aliphatic heterocycles. The predicted octanol–water partition coefficient (Wildman–Crippen LogP) is 1.11. The Morgan fingerprint density at radius 3 is 2.50 bits per heavy atom. The Balaban J connectivity index is 1.78. The number of anilines is 1. The van der Waals surface area contributed by atoms with Gasteiger partial charge in [-0.05, 0) is 24.0 Å². The lowest BCUT2D eigenvalue weighted by atomic mass is 10.1. The highest BCUT2D eigenvalue weighted by molar-refractivity contribution is 5.70. The molecule has 0 saturated carbocycles. The Kier molecular flexibility index (Phi) is 2.20. The van der Waals surface area contributed by atoms with Crippen molar-refractivity contribution >= 4 is 17.1 Å². The fourth-order valence-electron chi connectivity index (χ4n) is 2.89. The molecule has 0 atom stereocenters. The molecule has 1 aliphatic rings. The van der Waals surface area contributed by atoms with E-state index in [1.54, 1.807) is 0 Å². The fraction of sp³-hybridized carbons (Fsp3) is 0.214. The second-order valence-electron chi connectivity index (χ2n) is 5.15. The summed E-state index contributed by atoms with van der Waals surface area (Å²) in [6, 6.07) is 8.38. The van der Waals surface area contributed by atoms with Crippen molar-refractivity contribution in [2.75, 3.05) is 5.73 Å². The zero-order valence-corrected chi connectivity index (χ0v) is 10.7. The van der Waals surface area contributed by atoms with Crippen LogP contribution in [-0.4, -0.2) is 19.9 Å². The van der Waals surface area contributed by atoms with Crippen LogP contribution in [0, 0.1) is 0 Å². The van der Waals surface area contributed by atoms with Gasteiger partial charge in [-0.3, -0.25) is 9.78 Å². The Hall–Kier alpha value is -2.63. The third kappa shape index (κ3) is 1.61. The van der Waals surface area contributed by atoms with Gasteiger partial charge in [0.05, 0.1) is 0 Å². The summed E-state index contributed by atoms with van der Waals surface area (Å²) in [7, 11) is 0. The lowest BCUT2D eigenvalue weighted by Gasteiger charge is -2.03. The van der Waals surface area contributed by atoms with Crippen LogP contribution < -0.4 is 11.3 Å². The second kappa shape index (κ2) is 3.93. The number of nitrogens with two attached hydrogens (primary N) is 1. The van der Waals surface area contributed by atoms with Crippen molar-refractivity contribution in [3.05, 3.63) is 51.6 Å². The molecular weight excluding hydrogens is 254 g/mol. The molecule has 0 bridgehead atoms. The normalized spacial score (nSPS) is 14.8. The topological polar surface area (TPSA) is 100 Å². The summed E-state index contributed by atoms with van der Waals surface area (Å²) in [5.74, 6) is 1.16. The van der Waals surface area contributed by atoms with E-state index < -0.39 is 0 Å². The number of benzene rings is 1. The molecule has 4 rings (SSSR count). The average molecular weight is 267 g/mol. The van der Waals surface area contributed by atoms with Crippen molar-refractivity contribution in [3.8, 4) is 0 Å². The van der Waals surface area contributed by atoms with E-state index >= 15 is 0 Å². The van der Waals surface area contributed by atoms with Crippen LogP contribution >= 0.6 is 0 Å². The van der Waals surface area contributed by atoms with Gasteiger partial charge in [0.15, 0.2) is 11.2 Å². The van der Waals surface area contributed by atoms with Crippen molar-refractivity contribution in [2.45, 2.75) is 18.8 Å². The van der Waals surface area contributed by atoms with Gasteiger partial charge in [-0.15, -0.1) is 0 Å². The summed E-state index contributed by atoms with van der Waals surface area (Å²) in [5, 5.41) is 0. The third-order valence-corrected chi connectivity index (χ3v) is 3.84. The first kappa shape index (κ1) is 11.2. The highest BCUT2D eigenvalue weighted by Crippen LogP contribution is 2.32. The van der Waals surface area contributed by atoms with Crippen LogP contribution in [0.4, 0.5) is 5.95 Å². The highest BCUT2D eigenvalue weighted by Gasteiger charge is 2.25. The van der Waals surface area contributed by atoms with Crippen molar-refractivity contribution < 1.29 is 0 Å². The smallest absolute Gasteiger partial charge is 0.278 e. The average Bonchev–Trinajstić information content (AvgIpc) is 3.01. The lowest BCUT2D eigenvalue weighted by Crippen LogP contribution is -2.11. The van der Waals surface area contributed by atoms with E-state index in [9.17, 15) is 4.79 Å². The number of H-pyrrole nitrogens is 2. The van der Waals surface area contributed by atoms with Crippen LogP contribution in [-0.2, 0) is 12.8 Å². The lowest BCUT2D eigenvalue weighted by molar-refractivity contribution is 0.696. The minimum absolute atomic E-state index is 0.0928. The van der Waals surface area contributed by atoms with E-state index in [1.165, 1.54) is 11.1 Å². The molecule has 0 spiro atoms. The molecule has 2 aromatic heterocycles. The minimum Gasteiger partial charge on any atom is -0.369 e. The molecular formula is C14H13N5O. The van der Waals surface area contributed by atoms with Gasteiger partial charge in [-0.2, -0.15) is 4.98 Å². The number of nitrogens with one attached hydrogen (secondary N) is 2. The highest BCUT2D eigenvalue weighted by atomic mass is 16.1. The molecule has 100 valence electrons. The van der Waals surface area contributed by atoms with E-state index in [0.29, 0.717) is 11.2 Å². The summed E-state index contributed by atoms with van der Waals surface area (Å²) < 4.78 is 0. The van der Waals surface area contributed by atoms with Crippen LogP contribution in [0.15, 0.2) is 29.1 Å². The minimum atomic E-state index is -0.276. The standard InChI is InChI=1S/C14H13N5O/c15-14-18-12-10(13(20)19-14)16-11(17-12)9-5-7-3-1-2-4-8(7)6-9/h1-4,9H,5-6H2,(H4,15,16,17,18,19,20). The summed E-state index contributed by atoms with van der Waals surface area (Å²) in [4.78, 5) is 25.9. The Morgan fingerprint density at radius 2 is 1.80 bits per heavy atom. The molecule has 20 heavy (non-hydrogen) atoms. The molecule has 6 nitrogen and oxygen atoms in total. The Labute approximate surface area is 114 Å². The van der Waals surface area contributed by atoms with Gasteiger partial charge in [0.2, 0.25) is 5.95 Å². The third-order valence-electron chi connectivity index (χ3n) is 3.84. The predicted molar refractivity (Wildman–Crippen MR) is 75.5 cm³/mol. The first-order valence-corrected chi connectivity index (χ1v) is 6.53. The van der Waals surface area contributed by atoms with Crippen LogP contribution in [0.3, 0.4) is 0 Å². The molecule has 0 amide bonds. The SMILES string of the molecule is Nc1nc2nc(C3Cc4ccccc4C3)[nH]c2c(=O)[nH]1. The molecule has 0 fully saturated rings. The summed E-state index contributed by atoms with van der Waals surface area (Å²) in [6.45, 7) is 0. The number of hydrogen-bond donors (Lipinski definition) is 3. The molecule has 3 aromatic rings. The zero-order valence-electron chi connectivity index (χ0n) is 10.7. The molecule has 4 N–H and O–H groups in total. The molecule has 0 radical (unpaired) electrons. The van der Waals surface area contributed by atoms with E-state index in [4.69, 9.17) is 5.73 Å². The quantitative estimate of drug-likeness (QED) is 0.614. The number of aromatic nitrogens is 4. The monoisotopic (exact) mass is 267 g/mol. The van der Waals surface area contributed by atoms with E-state index in [2.05, 4.69) is 32.1 Å². The fourth-order valence-corrected chi connectivity index (χ4v) is 2.89. The first-order chi connectivity index (χ1) is 9.70. The van der Waals surface area contributed by atoms with Gasteiger partial charge in [0, 0.05) is 5.92 Å². The van der Waals surface area contributed by atoms with Crippen molar-refractivity contribution in [1.82, 2.24) is 19.9 Å². The molecule has 6 heteroatoms.